The van der Waals surface area contributed by atoms with Crippen molar-refractivity contribution in [2.75, 3.05) is 24.5 Å². The number of benzene rings is 1. The minimum absolute atomic E-state index is 0.410. The third kappa shape index (κ3) is 2.91. The lowest BCUT2D eigenvalue weighted by Crippen LogP contribution is -2.32. The first-order valence-corrected chi connectivity index (χ1v) is 6.20. The van der Waals surface area contributed by atoms with Gasteiger partial charge in [-0.05, 0) is 31.0 Å². The Balaban J connectivity index is 2.05. The summed E-state index contributed by atoms with van der Waals surface area (Å²) in [5, 5.41) is 12.6. The predicted molar refractivity (Wildman–Crippen MR) is 70.4 cm³/mol. The molecule has 0 aliphatic carbocycles. The van der Waals surface area contributed by atoms with Crippen molar-refractivity contribution in [2.24, 2.45) is 0 Å². The first-order valence-electron chi connectivity index (χ1n) is 5.82. The molecular formula is C13H16ClN3. The van der Waals surface area contributed by atoms with Gasteiger partial charge in [0.1, 0.15) is 0 Å². The van der Waals surface area contributed by atoms with E-state index in [0.29, 0.717) is 12.6 Å². The predicted octanol–water partition coefficient (Wildman–Crippen LogP) is 2.34. The zero-order valence-corrected chi connectivity index (χ0v) is 10.7. The van der Waals surface area contributed by atoms with E-state index in [0.717, 1.165) is 24.5 Å². The van der Waals surface area contributed by atoms with Gasteiger partial charge in [-0.2, -0.15) is 5.26 Å². The van der Waals surface area contributed by atoms with E-state index in [4.69, 9.17) is 16.9 Å². The Kier molecular flexibility index (Phi) is 3.88. The van der Waals surface area contributed by atoms with Gasteiger partial charge in [0.2, 0.25) is 0 Å². The third-order valence-corrected chi connectivity index (χ3v) is 3.41. The molecule has 0 spiro atoms. The molecule has 17 heavy (non-hydrogen) atoms. The molecule has 0 radical (unpaired) electrons. The molecule has 1 N–H and O–H groups in total. The highest BCUT2D eigenvalue weighted by Crippen LogP contribution is 2.27. The molecule has 0 amide bonds. The number of aryl methyl sites for hydroxylation is 1. The Hall–Kier alpha value is -1.24. The summed E-state index contributed by atoms with van der Waals surface area (Å²) in [7, 11) is 0. The van der Waals surface area contributed by atoms with E-state index in [1.54, 1.807) is 0 Å². The van der Waals surface area contributed by atoms with Crippen molar-refractivity contribution in [1.29, 1.82) is 5.26 Å². The SMILES string of the molecule is Cc1ccc(Cl)cc1N1CCC(NCC#N)C1. The topological polar surface area (TPSA) is 39.1 Å². The first-order chi connectivity index (χ1) is 8.20. The standard InChI is InChI=1S/C13H16ClN3/c1-10-2-3-11(14)8-13(10)17-7-4-12(9-17)16-6-5-15/h2-3,8,12,16H,4,6-7,9H2,1H3. The molecule has 3 nitrogen and oxygen atoms in total. The van der Waals surface area contributed by atoms with Crippen LogP contribution in [0.25, 0.3) is 0 Å². The van der Waals surface area contributed by atoms with Gasteiger partial charge < -0.3 is 4.90 Å². The van der Waals surface area contributed by atoms with Crippen LogP contribution in [-0.4, -0.2) is 25.7 Å². The second-order valence-corrected chi connectivity index (χ2v) is 4.84. The molecule has 2 rings (SSSR count). The minimum atomic E-state index is 0.410. The zero-order valence-electron chi connectivity index (χ0n) is 9.91. The van der Waals surface area contributed by atoms with E-state index in [-0.39, 0.29) is 0 Å². The van der Waals surface area contributed by atoms with Gasteiger partial charge in [-0.15, -0.1) is 0 Å². The number of rotatable bonds is 3. The molecule has 0 aromatic heterocycles. The summed E-state index contributed by atoms with van der Waals surface area (Å²) in [6.45, 7) is 4.49. The van der Waals surface area contributed by atoms with Gasteiger partial charge in [-0.25, -0.2) is 0 Å². The van der Waals surface area contributed by atoms with Crippen molar-refractivity contribution in [3.63, 3.8) is 0 Å². The fourth-order valence-electron chi connectivity index (χ4n) is 2.26. The van der Waals surface area contributed by atoms with Crippen LogP contribution >= 0.6 is 11.6 Å². The molecule has 1 aliphatic rings. The van der Waals surface area contributed by atoms with Gasteiger partial charge in [0, 0.05) is 29.8 Å². The largest absolute Gasteiger partial charge is 0.370 e. The van der Waals surface area contributed by atoms with Gasteiger partial charge in [0.15, 0.2) is 0 Å². The summed E-state index contributed by atoms with van der Waals surface area (Å²) in [4.78, 5) is 2.33. The molecule has 4 heteroatoms. The Morgan fingerprint density at radius 1 is 1.59 bits per heavy atom. The molecule has 90 valence electrons. The molecular weight excluding hydrogens is 234 g/mol. The van der Waals surface area contributed by atoms with Gasteiger partial charge in [0.25, 0.3) is 0 Å². The van der Waals surface area contributed by atoms with E-state index in [1.165, 1.54) is 11.3 Å². The normalized spacial score (nSPS) is 19.4. The number of halogens is 1. The maximum Gasteiger partial charge on any atom is 0.0843 e. The third-order valence-electron chi connectivity index (χ3n) is 3.17. The molecule has 1 aromatic carbocycles. The summed E-state index contributed by atoms with van der Waals surface area (Å²) < 4.78 is 0. The fourth-order valence-corrected chi connectivity index (χ4v) is 2.43. The van der Waals surface area contributed by atoms with Crippen LogP contribution in [0, 0.1) is 18.3 Å². The lowest BCUT2D eigenvalue weighted by atomic mass is 10.2. The maximum absolute atomic E-state index is 8.55. The average Bonchev–Trinajstić information content (AvgIpc) is 2.78. The highest BCUT2D eigenvalue weighted by atomic mass is 35.5. The van der Waals surface area contributed by atoms with Crippen molar-refractivity contribution < 1.29 is 0 Å². The number of hydrogen-bond donors (Lipinski definition) is 1. The summed E-state index contributed by atoms with van der Waals surface area (Å²) >= 11 is 6.03. The summed E-state index contributed by atoms with van der Waals surface area (Å²) in [6, 6.07) is 8.51. The van der Waals surface area contributed by atoms with Crippen LogP contribution in [0.3, 0.4) is 0 Å². The lowest BCUT2D eigenvalue weighted by molar-refractivity contribution is 0.591. The quantitative estimate of drug-likeness (QED) is 0.836. The van der Waals surface area contributed by atoms with Crippen LogP contribution in [0.4, 0.5) is 5.69 Å². The monoisotopic (exact) mass is 249 g/mol. The molecule has 1 atom stereocenters. The van der Waals surface area contributed by atoms with Crippen LogP contribution in [0.1, 0.15) is 12.0 Å². The highest BCUT2D eigenvalue weighted by Gasteiger charge is 2.23. The van der Waals surface area contributed by atoms with E-state index < -0.39 is 0 Å². The number of nitriles is 1. The molecule has 1 aromatic rings. The minimum Gasteiger partial charge on any atom is -0.370 e. The first kappa shape index (κ1) is 12.2. The van der Waals surface area contributed by atoms with E-state index in [1.807, 2.05) is 18.2 Å². The van der Waals surface area contributed by atoms with Crippen molar-refractivity contribution in [3.05, 3.63) is 28.8 Å². The molecule has 1 aliphatic heterocycles. The molecule has 1 heterocycles. The number of anilines is 1. The molecule has 0 saturated carbocycles. The molecule has 1 saturated heterocycles. The number of nitrogens with zero attached hydrogens (tertiary/aromatic N) is 2. The van der Waals surface area contributed by atoms with Gasteiger partial charge in [0.05, 0.1) is 12.6 Å². The van der Waals surface area contributed by atoms with Crippen LogP contribution in [0.5, 0.6) is 0 Å². The maximum atomic E-state index is 8.55. The Labute approximate surface area is 107 Å². The second kappa shape index (κ2) is 5.39. The Morgan fingerprint density at radius 3 is 3.18 bits per heavy atom. The van der Waals surface area contributed by atoms with E-state index >= 15 is 0 Å². The summed E-state index contributed by atoms with van der Waals surface area (Å²) in [5.41, 5.74) is 2.45. The molecule has 1 unspecified atom stereocenters. The smallest absolute Gasteiger partial charge is 0.0843 e. The lowest BCUT2D eigenvalue weighted by Gasteiger charge is -2.21. The van der Waals surface area contributed by atoms with Gasteiger partial charge >= 0.3 is 0 Å². The van der Waals surface area contributed by atoms with Crippen LogP contribution in [0.15, 0.2) is 18.2 Å². The second-order valence-electron chi connectivity index (χ2n) is 4.40. The number of nitrogens with one attached hydrogen (secondary N) is 1. The van der Waals surface area contributed by atoms with Crippen molar-refractivity contribution in [1.82, 2.24) is 5.32 Å². The van der Waals surface area contributed by atoms with Crippen LogP contribution in [0.2, 0.25) is 5.02 Å². The zero-order chi connectivity index (χ0) is 12.3. The molecule has 1 fully saturated rings. The summed E-state index contributed by atoms with van der Waals surface area (Å²) in [5.74, 6) is 0. The average molecular weight is 250 g/mol. The van der Waals surface area contributed by atoms with Crippen LogP contribution in [-0.2, 0) is 0 Å². The Bertz CT molecular complexity index is 439. The van der Waals surface area contributed by atoms with Crippen molar-refractivity contribution in [3.8, 4) is 6.07 Å². The van der Waals surface area contributed by atoms with Crippen LogP contribution < -0.4 is 10.2 Å². The van der Waals surface area contributed by atoms with Gasteiger partial charge in [-0.1, -0.05) is 17.7 Å². The van der Waals surface area contributed by atoms with Crippen molar-refractivity contribution >= 4 is 17.3 Å². The van der Waals surface area contributed by atoms with E-state index in [2.05, 4.69) is 23.2 Å². The highest BCUT2D eigenvalue weighted by molar-refractivity contribution is 6.30. The number of hydrogen-bond acceptors (Lipinski definition) is 3. The van der Waals surface area contributed by atoms with Gasteiger partial charge in [-0.3, -0.25) is 5.32 Å². The Morgan fingerprint density at radius 2 is 2.41 bits per heavy atom. The van der Waals surface area contributed by atoms with E-state index in [9.17, 15) is 0 Å². The van der Waals surface area contributed by atoms with Crippen molar-refractivity contribution in [2.45, 2.75) is 19.4 Å². The summed E-state index contributed by atoms with van der Waals surface area (Å²) in [6.07, 6.45) is 1.08. The fraction of sp³-hybridized carbons (Fsp3) is 0.462. The molecule has 0 bridgehead atoms.